The van der Waals surface area contributed by atoms with Crippen molar-refractivity contribution in [1.29, 1.82) is 0 Å². The van der Waals surface area contributed by atoms with Gasteiger partial charge in [-0.3, -0.25) is 9.59 Å². The van der Waals surface area contributed by atoms with Crippen LogP contribution in [0.2, 0.25) is 0 Å². The molecule has 0 spiro atoms. The second-order valence-electron chi connectivity index (χ2n) is 8.65. The minimum absolute atomic E-state index is 0.0103. The molecule has 1 aliphatic heterocycles. The second-order valence-corrected chi connectivity index (χ2v) is 8.65. The van der Waals surface area contributed by atoms with E-state index in [2.05, 4.69) is 0 Å². The maximum Gasteiger partial charge on any atom is 0.335 e. The Hall–Kier alpha value is -3.35. The fraction of sp³-hybridized carbons (Fsp3) is 0.423. The minimum Gasteiger partial charge on any atom is -0.478 e. The number of carbonyl (C=O) groups excluding carboxylic acids is 2. The SMILES string of the molecule is CCCN(Cc1ccc(C)cc1)C(=O)c1cc(C(=O)O)ccc1ON1CC(CC)(CC)C1=O. The van der Waals surface area contributed by atoms with Crippen molar-refractivity contribution < 1.29 is 24.3 Å². The zero-order valence-corrected chi connectivity index (χ0v) is 19.8. The molecule has 176 valence electrons. The monoisotopic (exact) mass is 452 g/mol. The van der Waals surface area contributed by atoms with Gasteiger partial charge in [-0.15, -0.1) is 0 Å². The van der Waals surface area contributed by atoms with Gasteiger partial charge in [0.2, 0.25) is 0 Å². The van der Waals surface area contributed by atoms with Crippen LogP contribution in [-0.2, 0) is 11.3 Å². The van der Waals surface area contributed by atoms with E-state index in [1.807, 2.05) is 52.0 Å². The molecule has 2 amide bonds. The van der Waals surface area contributed by atoms with Crippen molar-refractivity contribution in [2.24, 2.45) is 5.41 Å². The van der Waals surface area contributed by atoms with Crippen LogP contribution in [0.3, 0.4) is 0 Å². The number of amides is 2. The molecule has 2 aromatic carbocycles. The molecule has 0 atom stereocenters. The van der Waals surface area contributed by atoms with Gasteiger partial charge >= 0.3 is 5.97 Å². The number of hydroxylamine groups is 2. The van der Waals surface area contributed by atoms with Gasteiger partial charge in [0.15, 0.2) is 5.75 Å². The van der Waals surface area contributed by atoms with E-state index in [-0.39, 0.29) is 28.7 Å². The van der Waals surface area contributed by atoms with Gasteiger partial charge in [0.1, 0.15) is 0 Å². The molecule has 1 aliphatic rings. The molecule has 33 heavy (non-hydrogen) atoms. The molecule has 0 aliphatic carbocycles. The topological polar surface area (TPSA) is 87.2 Å². The van der Waals surface area contributed by atoms with Crippen molar-refractivity contribution in [3.05, 3.63) is 64.7 Å². The molecule has 1 saturated heterocycles. The van der Waals surface area contributed by atoms with Gasteiger partial charge in [-0.25, -0.2) is 4.79 Å². The van der Waals surface area contributed by atoms with E-state index in [4.69, 9.17) is 4.84 Å². The molecule has 7 nitrogen and oxygen atoms in total. The highest BCUT2D eigenvalue weighted by Gasteiger charge is 2.51. The highest BCUT2D eigenvalue weighted by molar-refractivity contribution is 6.00. The zero-order chi connectivity index (χ0) is 24.2. The number of β-lactam (4-membered cyclic amide) rings is 1. The van der Waals surface area contributed by atoms with Crippen molar-refractivity contribution >= 4 is 17.8 Å². The maximum absolute atomic E-state index is 13.6. The van der Waals surface area contributed by atoms with Crippen molar-refractivity contribution in [3.63, 3.8) is 0 Å². The summed E-state index contributed by atoms with van der Waals surface area (Å²) in [6.45, 7) is 9.26. The predicted octanol–water partition coefficient (Wildman–Crippen LogP) is 4.69. The van der Waals surface area contributed by atoms with Gasteiger partial charge in [-0.05, 0) is 49.9 Å². The lowest BCUT2D eigenvalue weighted by Crippen LogP contribution is -2.62. The summed E-state index contributed by atoms with van der Waals surface area (Å²) in [6.07, 6.45) is 2.17. The van der Waals surface area contributed by atoms with E-state index in [1.54, 1.807) is 4.90 Å². The lowest BCUT2D eigenvalue weighted by Gasteiger charge is -2.46. The molecule has 0 aromatic heterocycles. The predicted molar refractivity (Wildman–Crippen MR) is 125 cm³/mol. The number of nitrogens with zero attached hydrogens (tertiary/aromatic N) is 2. The van der Waals surface area contributed by atoms with Crippen LogP contribution >= 0.6 is 0 Å². The van der Waals surface area contributed by atoms with Gasteiger partial charge in [0.25, 0.3) is 11.8 Å². The Morgan fingerprint density at radius 1 is 1.09 bits per heavy atom. The summed E-state index contributed by atoms with van der Waals surface area (Å²) >= 11 is 0. The molecule has 0 saturated carbocycles. The van der Waals surface area contributed by atoms with Gasteiger partial charge < -0.3 is 14.8 Å². The van der Waals surface area contributed by atoms with Crippen LogP contribution < -0.4 is 4.84 Å². The normalized spacial score (nSPS) is 14.5. The molecule has 7 heteroatoms. The first kappa shape index (κ1) is 24.3. The molecule has 1 N–H and O–H groups in total. The summed E-state index contributed by atoms with van der Waals surface area (Å²) in [4.78, 5) is 45.4. The maximum atomic E-state index is 13.6. The minimum atomic E-state index is -1.13. The summed E-state index contributed by atoms with van der Waals surface area (Å²) in [7, 11) is 0. The number of hydrogen-bond donors (Lipinski definition) is 1. The number of carbonyl (C=O) groups is 3. The van der Waals surface area contributed by atoms with Crippen LogP contribution in [0.25, 0.3) is 0 Å². The number of aromatic carboxylic acids is 1. The van der Waals surface area contributed by atoms with Crippen LogP contribution in [0.4, 0.5) is 0 Å². The second kappa shape index (κ2) is 10.1. The third-order valence-electron chi connectivity index (χ3n) is 6.42. The first-order valence-corrected chi connectivity index (χ1v) is 11.5. The Labute approximate surface area is 194 Å². The Morgan fingerprint density at radius 3 is 2.30 bits per heavy atom. The van der Waals surface area contributed by atoms with Crippen LogP contribution in [0.15, 0.2) is 42.5 Å². The number of carboxylic acid groups (broad SMARTS) is 1. The summed E-state index contributed by atoms with van der Waals surface area (Å²) in [6, 6.07) is 12.1. The van der Waals surface area contributed by atoms with Crippen molar-refractivity contribution in [3.8, 4) is 5.75 Å². The largest absolute Gasteiger partial charge is 0.478 e. The van der Waals surface area contributed by atoms with E-state index in [0.717, 1.165) is 17.5 Å². The fourth-order valence-corrected chi connectivity index (χ4v) is 4.07. The van der Waals surface area contributed by atoms with E-state index in [1.165, 1.54) is 23.3 Å². The molecular formula is C26H32N2O5. The Balaban J connectivity index is 1.90. The lowest BCUT2D eigenvalue weighted by atomic mass is 9.75. The van der Waals surface area contributed by atoms with E-state index < -0.39 is 11.4 Å². The summed E-state index contributed by atoms with van der Waals surface area (Å²) in [5.74, 6) is -1.39. The quantitative estimate of drug-likeness (QED) is 0.529. The van der Waals surface area contributed by atoms with Crippen LogP contribution in [0, 0.1) is 12.3 Å². The number of hydrogen-bond acceptors (Lipinski definition) is 4. The first-order valence-electron chi connectivity index (χ1n) is 11.5. The average molecular weight is 453 g/mol. The van der Waals surface area contributed by atoms with Crippen molar-refractivity contribution in [2.45, 2.75) is 53.5 Å². The average Bonchev–Trinajstić information content (AvgIpc) is 2.81. The van der Waals surface area contributed by atoms with Gasteiger partial charge in [-0.1, -0.05) is 50.6 Å². The summed E-state index contributed by atoms with van der Waals surface area (Å²) in [5.41, 5.74) is 1.81. The van der Waals surface area contributed by atoms with Gasteiger partial charge in [-0.2, -0.15) is 5.06 Å². The Morgan fingerprint density at radius 2 is 1.76 bits per heavy atom. The van der Waals surface area contributed by atoms with Gasteiger partial charge in [0.05, 0.1) is 23.1 Å². The molecule has 2 aromatic rings. The van der Waals surface area contributed by atoms with Crippen LogP contribution in [0.1, 0.15) is 71.9 Å². The molecular weight excluding hydrogens is 420 g/mol. The highest BCUT2D eigenvalue weighted by Crippen LogP contribution is 2.39. The van der Waals surface area contributed by atoms with Crippen molar-refractivity contribution in [2.75, 3.05) is 13.1 Å². The van der Waals surface area contributed by atoms with Crippen molar-refractivity contribution in [1.82, 2.24) is 9.96 Å². The molecule has 1 heterocycles. The summed E-state index contributed by atoms with van der Waals surface area (Å²) < 4.78 is 0. The summed E-state index contributed by atoms with van der Waals surface area (Å²) in [5, 5.41) is 10.7. The number of rotatable bonds is 10. The van der Waals surface area contributed by atoms with E-state index >= 15 is 0 Å². The first-order chi connectivity index (χ1) is 15.7. The smallest absolute Gasteiger partial charge is 0.335 e. The molecule has 3 rings (SSSR count). The van der Waals surface area contributed by atoms with Crippen LogP contribution in [-0.4, -0.2) is 45.9 Å². The van der Waals surface area contributed by atoms with E-state index in [0.29, 0.717) is 32.5 Å². The molecule has 0 unspecified atom stereocenters. The Bertz CT molecular complexity index is 1030. The lowest BCUT2D eigenvalue weighted by molar-refractivity contribution is -0.205. The molecule has 1 fully saturated rings. The fourth-order valence-electron chi connectivity index (χ4n) is 4.07. The van der Waals surface area contributed by atoms with Gasteiger partial charge in [0, 0.05) is 13.1 Å². The zero-order valence-electron chi connectivity index (χ0n) is 19.8. The van der Waals surface area contributed by atoms with E-state index in [9.17, 15) is 19.5 Å². The highest BCUT2D eigenvalue weighted by atomic mass is 16.7. The number of benzene rings is 2. The number of carboxylic acids is 1. The third-order valence-corrected chi connectivity index (χ3v) is 6.42. The molecule has 0 bridgehead atoms. The third kappa shape index (κ3) is 5.02. The standard InChI is InChI=1S/C26H32N2O5/c1-5-14-27(16-19-10-8-18(4)9-11-19)23(29)21-15-20(24(30)31)12-13-22(21)33-28-17-26(6-2,7-3)25(28)32/h8-13,15H,5-7,14,16-17H2,1-4H3,(H,30,31). The number of aryl methyl sites for hydroxylation is 1. The Kier molecular flexibility index (Phi) is 7.41. The van der Waals surface area contributed by atoms with Crippen LogP contribution in [0.5, 0.6) is 5.75 Å². The molecule has 0 radical (unpaired) electrons.